The molecular formula is C24H23NO6. The Morgan fingerprint density at radius 1 is 1.23 bits per heavy atom. The van der Waals surface area contributed by atoms with Crippen LogP contribution in [-0.4, -0.2) is 36.6 Å². The van der Waals surface area contributed by atoms with Gasteiger partial charge in [0.05, 0.1) is 19.3 Å². The van der Waals surface area contributed by atoms with Gasteiger partial charge in [-0.3, -0.25) is 4.79 Å². The molecule has 0 amide bonds. The molecule has 1 aliphatic rings. The molecule has 1 aliphatic heterocycles. The third-order valence-electron chi connectivity index (χ3n) is 5.20. The van der Waals surface area contributed by atoms with E-state index in [4.69, 9.17) is 18.9 Å². The molecule has 2 aromatic carbocycles. The van der Waals surface area contributed by atoms with E-state index in [1.54, 1.807) is 39.2 Å². The van der Waals surface area contributed by atoms with Gasteiger partial charge in [0.25, 0.3) is 0 Å². The molecule has 2 heterocycles. The van der Waals surface area contributed by atoms with Gasteiger partial charge in [-0.25, -0.2) is 4.79 Å². The van der Waals surface area contributed by atoms with Crippen molar-refractivity contribution in [2.24, 2.45) is 7.05 Å². The van der Waals surface area contributed by atoms with Crippen molar-refractivity contribution in [3.8, 4) is 17.2 Å². The molecule has 0 saturated heterocycles. The van der Waals surface area contributed by atoms with Crippen LogP contribution in [-0.2, 0) is 16.6 Å². The zero-order valence-electron chi connectivity index (χ0n) is 17.9. The number of Topliss-reactive ketones (excluding diaryl/α,β-unsaturated/α-hetero) is 1. The van der Waals surface area contributed by atoms with Crippen LogP contribution < -0.4 is 14.2 Å². The van der Waals surface area contributed by atoms with Crippen molar-refractivity contribution < 1.29 is 28.5 Å². The molecule has 1 aromatic heterocycles. The maximum Gasteiger partial charge on any atom is 0.344 e. The SMILES string of the molecule is CCOC(=O)COc1ccc2c(c1C)O/C(=C/c1cn(C)c3ccc(OC)cc13)C2=O. The Kier molecular flexibility index (Phi) is 5.42. The zero-order chi connectivity index (χ0) is 22.1. The minimum Gasteiger partial charge on any atom is -0.497 e. The number of carbonyl (C=O) groups is 2. The van der Waals surface area contributed by atoms with E-state index in [2.05, 4.69) is 0 Å². The minimum atomic E-state index is -0.452. The predicted molar refractivity (Wildman–Crippen MR) is 116 cm³/mol. The molecule has 0 spiro atoms. The maximum atomic E-state index is 12.9. The Hall–Kier alpha value is -3.74. The molecule has 0 aliphatic carbocycles. The van der Waals surface area contributed by atoms with Crippen molar-refractivity contribution in [3.05, 3.63) is 59.0 Å². The Morgan fingerprint density at radius 2 is 2.03 bits per heavy atom. The number of hydrogen-bond acceptors (Lipinski definition) is 6. The Balaban J connectivity index is 1.65. The summed E-state index contributed by atoms with van der Waals surface area (Å²) < 4.78 is 23.7. The summed E-state index contributed by atoms with van der Waals surface area (Å²) >= 11 is 0. The van der Waals surface area contributed by atoms with Crippen molar-refractivity contribution in [1.82, 2.24) is 4.57 Å². The molecule has 0 saturated carbocycles. The first-order valence-corrected chi connectivity index (χ1v) is 9.92. The van der Waals surface area contributed by atoms with Crippen LogP contribution >= 0.6 is 0 Å². The van der Waals surface area contributed by atoms with Crippen LogP contribution in [0, 0.1) is 6.92 Å². The summed E-state index contributed by atoms with van der Waals surface area (Å²) in [5, 5.41) is 0.955. The van der Waals surface area contributed by atoms with E-state index in [0.717, 1.165) is 22.2 Å². The lowest BCUT2D eigenvalue weighted by atomic mass is 10.1. The van der Waals surface area contributed by atoms with Crippen molar-refractivity contribution >= 4 is 28.7 Å². The molecule has 0 atom stereocenters. The molecule has 0 unspecified atom stereocenters. The first-order valence-electron chi connectivity index (χ1n) is 9.92. The second-order valence-corrected chi connectivity index (χ2v) is 7.18. The summed E-state index contributed by atoms with van der Waals surface area (Å²) in [4.78, 5) is 24.5. The number of benzene rings is 2. The molecule has 3 aromatic rings. The van der Waals surface area contributed by atoms with Gasteiger partial charge in [0.1, 0.15) is 17.2 Å². The number of aromatic nitrogens is 1. The van der Waals surface area contributed by atoms with E-state index in [1.807, 2.05) is 36.0 Å². The van der Waals surface area contributed by atoms with E-state index < -0.39 is 5.97 Å². The summed E-state index contributed by atoms with van der Waals surface area (Å²) in [6.07, 6.45) is 3.68. The predicted octanol–water partition coefficient (Wildman–Crippen LogP) is 4.05. The van der Waals surface area contributed by atoms with Gasteiger partial charge in [-0.15, -0.1) is 0 Å². The van der Waals surface area contributed by atoms with E-state index in [0.29, 0.717) is 22.6 Å². The third kappa shape index (κ3) is 3.74. The summed E-state index contributed by atoms with van der Waals surface area (Å²) in [6, 6.07) is 9.12. The number of ether oxygens (including phenoxy) is 4. The highest BCUT2D eigenvalue weighted by molar-refractivity contribution is 6.15. The van der Waals surface area contributed by atoms with Crippen LogP contribution in [0.15, 0.2) is 42.3 Å². The minimum absolute atomic E-state index is 0.199. The molecule has 4 rings (SSSR count). The fraction of sp³-hybridized carbons (Fsp3) is 0.250. The van der Waals surface area contributed by atoms with Gasteiger partial charge < -0.3 is 23.5 Å². The summed E-state index contributed by atoms with van der Waals surface area (Å²) in [7, 11) is 3.56. The summed E-state index contributed by atoms with van der Waals surface area (Å²) in [5.41, 5.74) is 2.98. The van der Waals surface area contributed by atoms with Crippen molar-refractivity contribution in [3.63, 3.8) is 0 Å². The first kappa shape index (κ1) is 20.5. The smallest absolute Gasteiger partial charge is 0.344 e. The fourth-order valence-corrected chi connectivity index (χ4v) is 3.65. The molecule has 0 N–H and O–H groups in total. The summed E-state index contributed by atoms with van der Waals surface area (Å²) in [6.45, 7) is 3.61. The average Bonchev–Trinajstić information content (AvgIpc) is 3.25. The topological polar surface area (TPSA) is 76.0 Å². The van der Waals surface area contributed by atoms with Gasteiger partial charge in [-0.1, -0.05) is 0 Å². The van der Waals surface area contributed by atoms with Crippen molar-refractivity contribution in [2.75, 3.05) is 20.3 Å². The lowest BCUT2D eigenvalue weighted by Crippen LogP contribution is -2.15. The second-order valence-electron chi connectivity index (χ2n) is 7.18. The van der Waals surface area contributed by atoms with Crippen LogP contribution in [0.1, 0.15) is 28.4 Å². The van der Waals surface area contributed by atoms with Gasteiger partial charge in [0.15, 0.2) is 12.4 Å². The standard InChI is InChI=1S/C24H23NO6/c1-5-29-22(26)13-30-20-9-7-17-23(27)21(31-24(17)14(20)2)10-15-12-25(3)19-8-6-16(28-4)11-18(15)19/h6-12H,5,13H2,1-4H3/b21-10+. The van der Waals surface area contributed by atoms with E-state index in [1.165, 1.54) is 0 Å². The van der Waals surface area contributed by atoms with Crippen LogP contribution in [0.3, 0.4) is 0 Å². The van der Waals surface area contributed by atoms with Crippen molar-refractivity contribution in [2.45, 2.75) is 13.8 Å². The number of carbonyl (C=O) groups excluding carboxylic acids is 2. The number of rotatable bonds is 6. The van der Waals surface area contributed by atoms with Crippen LogP contribution in [0.5, 0.6) is 17.2 Å². The van der Waals surface area contributed by atoms with Gasteiger partial charge in [-0.2, -0.15) is 0 Å². The first-order chi connectivity index (χ1) is 14.9. The quantitative estimate of drug-likeness (QED) is 0.441. The highest BCUT2D eigenvalue weighted by Crippen LogP contribution is 2.40. The molecule has 7 nitrogen and oxygen atoms in total. The van der Waals surface area contributed by atoms with E-state index >= 15 is 0 Å². The zero-order valence-corrected chi connectivity index (χ0v) is 17.9. The van der Waals surface area contributed by atoms with Crippen LogP contribution in [0.2, 0.25) is 0 Å². The maximum absolute atomic E-state index is 12.9. The number of esters is 1. The lowest BCUT2D eigenvalue weighted by molar-refractivity contribution is -0.145. The van der Waals surface area contributed by atoms with Gasteiger partial charge in [0.2, 0.25) is 5.78 Å². The van der Waals surface area contributed by atoms with Gasteiger partial charge in [0, 0.05) is 35.3 Å². The Morgan fingerprint density at radius 3 is 2.77 bits per heavy atom. The normalized spacial score (nSPS) is 13.9. The molecule has 31 heavy (non-hydrogen) atoms. The van der Waals surface area contributed by atoms with Crippen molar-refractivity contribution in [1.29, 1.82) is 0 Å². The molecule has 7 heteroatoms. The number of hydrogen-bond donors (Lipinski definition) is 0. The average molecular weight is 421 g/mol. The number of ketones is 1. The largest absolute Gasteiger partial charge is 0.497 e. The second kappa shape index (κ2) is 8.18. The number of nitrogens with zero attached hydrogens (tertiary/aromatic N) is 1. The van der Waals surface area contributed by atoms with Gasteiger partial charge >= 0.3 is 5.97 Å². The Labute approximate surface area is 179 Å². The van der Waals surface area contributed by atoms with Gasteiger partial charge in [-0.05, 0) is 50.3 Å². The summed E-state index contributed by atoms with van der Waals surface area (Å²) in [5.74, 6) is 1.22. The number of allylic oxidation sites excluding steroid dienone is 1. The molecule has 0 radical (unpaired) electrons. The van der Waals surface area contributed by atoms with E-state index in [9.17, 15) is 9.59 Å². The number of aryl methyl sites for hydroxylation is 1. The molecule has 160 valence electrons. The van der Waals surface area contributed by atoms with Crippen LogP contribution in [0.25, 0.3) is 17.0 Å². The highest BCUT2D eigenvalue weighted by atomic mass is 16.6. The third-order valence-corrected chi connectivity index (χ3v) is 5.20. The number of methoxy groups -OCH3 is 1. The lowest BCUT2D eigenvalue weighted by Gasteiger charge is -2.10. The highest BCUT2D eigenvalue weighted by Gasteiger charge is 2.30. The molecule has 0 bridgehead atoms. The monoisotopic (exact) mass is 421 g/mol. The molecular weight excluding hydrogens is 398 g/mol. The van der Waals surface area contributed by atoms with Crippen LogP contribution in [0.4, 0.5) is 0 Å². The fourth-order valence-electron chi connectivity index (χ4n) is 3.65. The number of fused-ring (bicyclic) bond motifs is 2. The Bertz CT molecular complexity index is 1220. The van der Waals surface area contributed by atoms with E-state index in [-0.39, 0.29) is 24.8 Å². The molecule has 0 fully saturated rings.